The monoisotopic (exact) mass is 703 g/mol. The van der Waals surface area contributed by atoms with Crippen LogP contribution < -0.4 is 15.4 Å². The maximum absolute atomic E-state index is 17.0. The number of aromatic nitrogens is 3. The summed E-state index contributed by atoms with van der Waals surface area (Å²) in [5, 5.41) is -0.286. The summed E-state index contributed by atoms with van der Waals surface area (Å²) >= 11 is 0.742. The zero-order valence-electron chi connectivity index (χ0n) is 26.1. The fraction of sp³-hybridized carbons (Fsp3) is 0.455. The molecule has 1 unspecified atom stereocenters. The van der Waals surface area contributed by atoms with Gasteiger partial charge in [-0.1, -0.05) is 17.9 Å². The molecule has 3 saturated heterocycles. The fourth-order valence-corrected chi connectivity index (χ4v) is 8.48. The van der Waals surface area contributed by atoms with Crippen LogP contribution in [0.25, 0.3) is 32.2 Å². The standard InChI is InChI=1S/C33H31F6N7O2S/c1-2-23(47)44-13-18(14-44)46(17-4-5-17)29-20-10-21(33(37,38)39)24(19-6-7-22(35)28-27(19)41-30(40)49-28)25(36)26(20)42-31(43-29)48-15-32-8-3-9-45(32)12-16(34)11-32/h2,6-7,10,16-18H,1,3-5,8-9,11-15H2,(H2,40,41)/t16-,32?/m1/s1. The lowest BCUT2D eigenvalue weighted by molar-refractivity contribution is -0.137. The predicted molar refractivity (Wildman–Crippen MR) is 172 cm³/mol. The Morgan fingerprint density at radius 1 is 1.14 bits per heavy atom. The van der Waals surface area contributed by atoms with Crippen LogP contribution in [0.5, 0.6) is 6.01 Å². The van der Waals surface area contributed by atoms with Gasteiger partial charge in [-0.3, -0.25) is 9.69 Å². The van der Waals surface area contributed by atoms with Crippen molar-refractivity contribution in [2.24, 2.45) is 0 Å². The van der Waals surface area contributed by atoms with Crippen molar-refractivity contribution in [1.29, 1.82) is 0 Å². The summed E-state index contributed by atoms with van der Waals surface area (Å²) in [6, 6.07) is 2.12. The smallest absolute Gasteiger partial charge is 0.417 e. The number of amides is 1. The number of fused-ring (bicyclic) bond motifs is 3. The quantitative estimate of drug-likeness (QED) is 0.174. The Labute approximate surface area is 280 Å². The number of likely N-dealkylation sites (tertiary alicyclic amines) is 1. The number of anilines is 2. The fourth-order valence-electron chi connectivity index (χ4n) is 7.72. The van der Waals surface area contributed by atoms with Crippen LogP contribution in [0.2, 0.25) is 0 Å². The second-order valence-electron chi connectivity index (χ2n) is 13.3. The topological polar surface area (TPSA) is 101 Å². The van der Waals surface area contributed by atoms with Crippen LogP contribution in [0.1, 0.15) is 37.7 Å². The summed E-state index contributed by atoms with van der Waals surface area (Å²) in [5.41, 5.74) is 2.11. The van der Waals surface area contributed by atoms with Gasteiger partial charge >= 0.3 is 12.2 Å². The van der Waals surface area contributed by atoms with Crippen LogP contribution in [0.4, 0.5) is 37.3 Å². The number of benzene rings is 2. The first-order chi connectivity index (χ1) is 23.4. The van der Waals surface area contributed by atoms with Crippen molar-refractivity contribution in [2.45, 2.75) is 62.1 Å². The highest BCUT2D eigenvalue weighted by Gasteiger charge is 2.50. The highest BCUT2D eigenvalue weighted by Crippen LogP contribution is 2.48. The number of carbonyl (C=O) groups excluding carboxylic acids is 1. The summed E-state index contributed by atoms with van der Waals surface area (Å²) in [5.74, 6) is -2.30. The molecule has 9 nitrogen and oxygen atoms in total. The van der Waals surface area contributed by atoms with Gasteiger partial charge in [0.2, 0.25) is 5.91 Å². The number of hydrogen-bond acceptors (Lipinski definition) is 9. The van der Waals surface area contributed by atoms with E-state index < -0.39 is 46.2 Å². The largest absolute Gasteiger partial charge is 0.461 e. The Kier molecular flexibility index (Phi) is 7.48. The maximum atomic E-state index is 17.0. The number of hydrogen-bond donors (Lipinski definition) is 1. The van der Waals surface area contributed by atoms with Crippen molar-refractivity contribution in [2.75, 3.05) is 43.4 Å². The van der Waals surface area contributed by atoms with E-state index in [1.54, 1.807) is 4.90 Å². The third-order valence-corrected chi connectivity index (χ3v) is 11.0. The molecule has 4 fully saturated rings. The van der Waals surface area contributed by atoms with Gasteiger partial charge in [0.15, 0.2) is 10.9 Å². The Hall–Kier alpha value is -4.18. The molecule has 8 rings (SSSR count). The maximum Gasteiger partial charge on any atom is 0.417 e. The molecule has 5 heterocycles. The summed E-state index contributed by atoms with van der Waals surface area (Å²) in [6.45, 7) is 5.05. The summed E-state index contributed by atoms with van der Waals surface area (Å²) in [4.78, 5) is 30.7. The first-order valence-corrected chi connectivity index (χ1v) is 16.9. The van der Waals surface area contributed by atoms with Crippen LogP contribution in [-0.4, -0.2) is 87.2 Å². The van der Waals surface area contributed by atoms with Crippen molar-refractivity contribution in [3.8, 4) is 17.1 Å². The first kappa shape index (κ1) is 32.0. The highest BCUT2D eigenvalue weighted by atomic mass is 32.1. The number of thiazole rings is 1. The SMILES string of the molecule is C=CC(=O)N1CC(N(c2nc(OCC34CCCN3C[C@H](F)C4)nc3c(F)c(-c4ccc(F)c5sc(N)nc45)c(C(F)(F)F)cc23)C2CC2)C1. The van der Waals surface area contributed by atoms with Crippen LogP contribution in [-0.2, 0) is 11.0 Å². The predicted octanol–water partition coefficient (Wildman–Crippen LogP) is 6.11. The van der Waals surface area contributed by atoms with E-state index in [2.05, 4.69) is 21.5 Å². The lowest BCUT2D eigenvalue weighted by Gasteiger charge is -2.46. The third kappa shape index (κ3) is 5.34. The molecule has 2 atom stereocenters. The molecule has 2 aromatic heterocycles. The Morgan fingerprint density at radius 3 is 2.63 bits per heavy atom. The molecule has 4 aliphatic rings. The van der Waals surface area contributed by atoms with Gasteiger partial charge in [-0.05, 0) is 56.5 Å². The van der Waals surface area contributed by atoms with Gasteiger partial charge in [0.25, 0.3) is 0 Å². The van der Waals surface area contributed by atoms with Crippen LogP contribution >= 0.6 is 11.3 Å². The lowest BCUT2D eigenvalue weighted by Crippen LogP contribution is -2.61. The van der Waals surface area contributed by atoms with Crippen molar-refractivity contribution in [3.63, 3.8) is 0 Å². The molecule has 0 spiro atoms. The van der Waals surface area contributed by atoms with Gasteiger partial charge in [-0.15, -0.1) is 0 Å². The molecular weight excluding hydrogens is 672 g/mol. The van der Waals surface area contributed by atoms with E-state index in [0.29, 0.717) is 13.0 Å². The Morgan fingerprint density at radius 2 is 1.92 bits per heavy atom. The summed E-state index contributed by atoms with van der Waals surface area (Å²) in [6.07, 6.45) is -1.68. The van der Waals surface area contributed by atoms with Crippen molar-refractivity contribution in [3.05, 3.63) is 48.1 Å². The normalized spacial score (nSPS) is 22.9. The molecule has 1 saturated carbocycles. The van der Waals surface area contributed by atoms with Crippen molar-refractivity contribution >= 4 is 49.3 Å². The van der Waals surface area contributed by atoms with Gasteiger partial charge in [0, 0.05) is 48.6 Å². The highest BCUT2D eigenvalue weighted by molar-refractivity contribution is 7.22. The van der Waals surface area contributed by atoms with Crippen molar-refractivity contribution < 1.29 is 35.9 Å². The zero-order chi connectivity index (χ0) is 34.4. The van der Waals surface area contributed by atoms with Crippen molar-refractivity contribution in [1.82, 2.24) is 24.8 Å². The number of halogens is 6. The molecule has 16 heteroatoms. The van der Waals surface area contributed by atoms with Gasteiger partial charge in [-0.2, -0.15) is 23.1 Å². The number of rotatable bonds is 8. The molecule has 2 N–H and O–H groups in total. The third-order valence-electron chi connectivity index (χ3n) is 10.1. The molecule has 1 aliphatic carbocycles. The summed E-state index contributed by atoms with van der Waals surface area (Å²) in [7, 11) is 0. The van der Waals surface area contributed by atoms with E-state index in [0.717, 1.165) is 48.8 Å². The zero-order valence-corrected chi connectivity index (χ0v) is 26.9. The Bertz CT molecular complexity index is 2010. The number of nitrogen functional groups attached to an aromatic ring is 1. The Balaban J connectivity index is 1.32. The van der Waals surface area contributed by atoms with E-state index in [9.17, 15) is 26.7 Å². The molecule has 4 aromatic rings. The van der Waals surface area contributed by atoms with E-state index in [-0.39, 0.29) is 88.8 Å². The second kappa shape index (κ2) is 11.4. The van der Waals surface area contributed by atoms with Gasteiger partial charge in [0.05, 0.1) is 27.4 Å². The first-order valence-electron chi connectivity index (χ1n) is 16.0. The molecule has 258 valence electrons. The minimum Gasteiger partial charge on any atom is -0.461 e. The number of nitrogens with two attached hydrogens (primary N) is 1. The van der Waals surface area contributed by atoms with E-state index in [4.69, 9.17) is 10.5 Å². The molecule has 2 aromatic carbocycles. The minimum absolute atomic E-state index is 0.0125. The number of nitrogens with zero attached hydrogens (tertiary/aromatic N) is 6. The number of ether oxygens (including phenoxy) is 1. The lowest BCUT2D eigenvalue weighted by atomic mass is 9.94. The second-order valence-corrected chi connectivity index (χ2v) is 14.3. The average Bonchev–Trinajstić information content (AvgIpc) is 3.56. The summed E-state index contributed by atoms with van der Waals surface area (Å²) < 4.78 is 97.0. The molecule has 49 heavy (non-hydrogen) atoms. The van der Waals surface area contributed by atoms with Crippen LogP contribution in [0, 0.1) is 11.6 Å². The van der Waals surface area contributed by atoms with Gasteiger partial charge < -0.3 is 20.3 Å². The minimum atomic E-state index is -5.05. The number of carbonyl (C=O) groups is 1. The van der Waals surface area contributed by atoms with E-state index in [1.165, 1.54) is 6.08 Å². The van der Waals surface area contributed by atoms with Gasteiger partial charge in [-0.25, -0.2) is 18.2 Å². The molecule has 1 amide bonds. The molecule has 0 radical (unpaired) electrons. The average molecular weight is 704 g/mol. The van der Waals surface area contributed by atoms with E-state index >= 15 is 4.39 Å². The van der Waals surface area contributed by atoms with Crippen LogP contribution in [0.15, 0.2) is 30.9 Å². The molecular formula is C33H31F6N7O2S. The van der Waals surface area contributed by atoms with Crippen LogP contribution in [0.3, 0.4) is 0 Å². The van der Waals surface area contributed by atoms with Gasteiger partial charge in [0.1, 0.15) is 29.9 Å². The number of alkyl halides is 4. The molecule has 0 bridgehead atoms. The molecule has 3 aliphatic heterocycles. The van der Waals surface area contributed by atoms with E-state index in [1.807, 2.05) is 9.80 Å².